The normalized spacial score (nSPS) is 13.8. The minimum Gasteiger partial charge on any atom is -0.493 e. The van der Waals surface area contributed by atoms with Crippen molar-refractivity contribution >= 4 is 11.4 Å². The zero-order valence-electron chi connectivity index (χ0n) is 25.2. The molecule has 0 aliphatic heterocycles. The van der Waals surface area contributed by atoms with Crippen molar-refractivity contribution in [2.45, 2.75) is 44.2 Å². The van der Waals surface area contributed by atoms with Crippen LogP contribution in [0.5, 0.6) is 5.75 Å². The molecule has 5 rings (SSSR count). The van der Waals surface area contributed by atoms with Crippen molar-refractivity contribution in [3.8, 4) is 11.4 Å². The number of nitrogen functional groups attached to an aromatic ring is 1. The van der Waals surface area contributed by atoms with Crippen LogP contribution in [-0.2, 0) is 4.74 Å². The molecule has 3 aromatic carbocycles. The van der Waals surface area contributed by atoms with Crippen LogP contribution in [0.4, 0.5) is 23.4 Å². The molecule has 1 heterocycles. The van der Waals surface area contributed by atoms with Gasteiger partial charge >= 0.3 is 0 Å². The zero-order valence-corrected chi connectivity index (χ0v) is 25.2. The Bertz CT molecular complexity index is 1760. The second-order valence-corrected chi connectivity index (χ2v) is 11.1. The Labute approximate surface area is 264 Å². The minimum atomic E-state index is -1.10. The summed E-state index contributed by atoms with van der Waals surface area (Å²) < 4.78 is 71.0. The summed E-state index contributed by atoms with van der Waals surface area (Å²) in [6.07, 6.45) is 4.98. The zero-order chi connectivity index (χ0) is 32.8. The van der Waals surface area contributed by atoms with Gasteiger partial charge in [-0.2, -0.15) is 0 Å². The third-order valence-corrected chi connectivity index (χ3v) is 7.94. The van der Waals surface area contributed by atoms with Gasteiger partial charge in [0.05, 0.1) is 18.8 Å². The smallest absolute Gasteiger partial charge is 0.256 e. The average molecular weight is 634 g/mol. The predicted octanol–water partition coefficient (Wildman–Crippen LogP) is 7.61. The molecule has 0 bridgehead atoms. The van der Waals surface area contributed by atoms with Crippen LogP contribution in [0.3, 0.4) is 0 Å². The molecule has 10 heteroatoms. The molecule has 0 unspecified atom stereocenters. The van der Waals surface area contributed by atoms with Crippen LogP contribution in [0, 0.1) is 23.3 Å². The number of benzene rings is 3. The maximum atomic E-state index is 15.4. The van der Waals surface area contributed by atoms with Crippen LogP contribution in [0.25, 0.3) is 11.3 Å². The van der Waals surface area contributed by atoms with E-state index >= 15 is 8.78 Å². The molecule has 46 heavy (non-hydrogen) atoms. The highest BCUT2D eigenvalue weighted by molar-refractivity contribution is 5.83. The molecule has 0 spiro atoms. The highest BCUT2D eigenvalue weighted by atomic mass is 19.1. The summed E-state index contributed by atoms with van der Waals surface area (Å²) in [5, 5.41) is 3.44. The van der Waals surface area contributed by atoms with Gasteiger partial charge in [-0.05, 0) is 68.0 Å². The van der Waals surface area contributed by atoms with Crippen molar-refractivity contribution in [2.24, 2.45) is 0 Å². The van der Waals surface area contributed by atoms with Gasteiger partial charge in [-0.15, -0.1) is 0 Å². The van der Waals surface area contributed by atoms with Crippen molar-refractivity contribution in [3.63, 3.8) is 0 Å². The SMILES string of the molecule is C=C(c1ccc(F)cc1F)c1ccc(=O)n(-c2c(F)cc(OCCCN[C@@H](C(=C)OC3CCCC3)c3ccccc3)cc2F)c1N. The summed E-state index contributed by atoms with van der Waals surface area (Å²) in [5.41, 5.74) is 5.60. The Morgan fingerprint density at radius 2 is 1.59 bits per heavy atom. The third-order valence-electron chi connectivity index (χ3n) is 7.94. The molecule has 4 aromatic rings. The fraction of sp³-hybridized carbons (Fsp3) is 0.250. The molecule has 3 N–H and O–H groups in total. The van der Waals surface area contributed by atoms with Crippen molar-refractivity contribution in [2.75, 3.05) is 18.9 Å². The Hall–Kier alpha value is -4.83. The molecule has 1 aromatic heterocycles. The second kappa shape index (κ2) is 14.5. The summed E-state index contributed by atoms with van der Waals surface area (Å²) in [6.45, 7) is 8.62. The number of anilines is 1. The van der Waals surface area contributed by atoms with Gasteiger partial charge in [0.25, 0.3) is 5.56 Å². The van der Waals surface area contributed by atoms with E-state index in [-0.39, 0.29) is 47.0 Å². The van der Waals surface area contributed by atoms with Gasteiger partial charge in [-0.25, -0.2) is 17.6 Å². The number of ether oxygens (including phenoxy) is 2. The maximum absolute atomic E-state index is 15.4. The van der Waals surface area contributed by atoms with Crippen molar-refractivity contribution in [1.29, 1.82) is 0 Å². The molecule has 1 fully saturated rings. The molecule has 240 valence electrons. The first kappa shape index (κ1) is 32.6. The van der Waals surface area contributed by atoms with Crippen LogP contribution in [-0.4, -0.2) is 23.8 Å². The Kier molecular flexibility index (Phi) is 10.3. The highest BCUT2D eigenvalue weighted by Crippen LogP contribution is 2.32. The molecule has 1 atom stereocenters. The van der Waals surface area contributed by atoms with Crippen LogP contribution >= 0.6 is 0 Å². The number of nitrogens with one attached hydrogen (secondary N) is 1. The third kappa shape index (κ3) is 7.34. The van der Waals surface area contributed by atoms with Gasteiger partial charge in [0.1, 0.15) is 34.6 Å². The molecule has 0 amide bonds. The number of nitrogens with two attached hydrogens (primary N) is 1. The van der Waals surface area contributed by atoms with Gasteiger partial charge in [0.15, 0.2) is 11.6 Å². The lowest BCUT2D eigenvalue weighted by Gasteiger charge is -2.25. The van der Waals surface area contributed by atoms with Crippen molar-refractivity contribution in [1.82, 2.24) is 9.88 Å². The fourth-order valence-corrected chi connectivity index (χ4v) is 5.62. The summed E-state index contributed by atoms with van der Waals surface area (Å²) in [7, 11) is 0. The summed E-state index contributed by atoms with van der Waals surface area (Å²) in [6, 6.07) is 16.7. The lowest BCUT2D eigenvalue weighted by Crippen LogP contribution is -2.27. The van der Waals surface area contributed by atoms with E-state index in [1.807, 2.05) is 30.3 Å². The summed E-state index contributed by atoms with van der Waals surface area (Å²) in [4.78, 5) is 12.7. The van der Waals surface area contributed by atoms with E-state index in [0.29, 0.717) is 29.4 Å². The molecule has 1 aliphatic rings. The van der Waals surface area contributed by atoms with Crippen LogP contribution in [0.15, 0.2) is 96.5 Å². The number of aromatic nitrogens is 1. The standard InChI is InChI=1S/C36H35F4N3O3/c1-22(28-14-13-25(37)19-30(28)38)29-15-16-33(44)43(36(29)41)35-31(39)20-27(21-32(35)40)45-18-8-17-42-34(24-9-4-3-5-10-24)23(2)46-26-11-6-7-12-26/h3-5,9-10,13-16,19-21,26,34,42H,1-2,6-8,11-12,17-18,41H2/t34-/m0/s1. The van der Waals surface area contributed by atoms with Crippen LogP contribution < -0.4 is 21.3 Å². The highest BCUT2D eigenvalue weighted by Gasteiger charge is 2.23. The fourth-order valence-electron chi connectivity index (χ4n) is 5.62. The first-order chi connectivity index (χ1) is 22.1. The number of pyridine rings is 1. The molecular formula is C36H35F4N3O3. The van der Waals surface area contributed by atoms with Gasteiger partial charge < -0.3 is 20.5 Å². The molecule has 1 saturated carbocycles. The molecular weight excluding hydrogens is 598 g/mol. The van der Waals surface area contributed by atoms with Crippen LogP contribution in [0.1, 0.15) is 54.8 Å². The summed E-state index contributed by atoms with van der Waals surface area (Å²) >= 11 is 0. The number of nitrogens with zero attached hydrogens (tertiary/aromatic N) is 1. The Morgan fingerprint density at radius 3 is 2.26 bits per heavy atom. The topological polar surface area (TPSA) is 78.5 Å². The molecule has 6 nitrogen and oxygen atoms in total. The van der Waals surface area contributed by atoms with E-state index in [0.717, 1.165) is 61.6 Å². The van der Waals surface area contributed by atoms with Crippen molar-refractivity contribution in [3.05, 3.63) is 142 Å². The van der Waals surface area contributed by atoms with Gasteiger partial charge in [-0.3, -0.25) is 9.36 Å². The second-order valence-electron chi connectivity index (χ2n) is 11.1. The Morgan fingerprint density at radius 1 is 0.913 bits per heavy atom. The average Bonchev–Trinajstić information content (AvgIpc) is 3.53. The number of hydrogen-bond acceptors (Lipinski definition) is 5. The Balaban J connectivity index is 1.26. The largest absolute Gasteiger partial charge is 0.493 e. The number of rotatable bonds is 13. The van der Waals surface area contributed by atoms with Gasteiger partial charge in [0.2, 0.25) is 0 Å². The van der Waals surface area contributed by atoms with E-state index in [4.69, 9.17) is 15.2 Å². The quantitative estimate of drug-likeness (QED) is 0.0901. The van der Waals surface area contributed by atoms with Crippen molar-refractivity contribution < 1.29 is 27.0 Å². The van der Waals surface area contributed by atoms with Gasteiger partial charge in [-0.1, -0.05) is 43.5 Å². The van der Waals surface area contributed by atoms with Gasteiger partial charge in [0, 0.05) is 35.4 Å². The lowest BCUT2D eigenvalue weighted by atomic mass is 9.99. The van der Waals surface area contributed by atoms with E-state index < -0.39 is 34.5 Å². The van der Waals surface area contributed by atoms with E-state index in [1.54, 1.807) is 0 Å². The molecule has 0 radical (unpaired) electrons. The molecule has 1 aliphatic carbocycles. The van der Waals surface area contributed by atoms with E-state index in [2.05, 4.69) is 18.5 Å². The lowest BCUT2D eigenvalue weighted by molar-refractivity contribution is 0.105. The first-order valence-corrected chi connectivity index (χ1v) is 15.1. The number of halogens is 4. The van der Waals surface area contributed by atoms with E-state index in [1.165, 1.54) is 6.07 Å². The monoisotopic (exact) mass is 633 g/mol. The maximum Gasteiger partial charge on any atom is 0.256 e. The minimum absolute atomic E-state index is 0.00121. The van der Waals surface area contributed by atoms with E-state index in [9.17, 15) is 13.6 Å². The summed E-state index contributed by atoms with van der Waals surface area (Å²) in [5.74, 6) is -3.69. The molecule has 0 saturated heterocycles. The first-order valence-electron chi connectivity index (χ1n) is 15.1. The number of hydrogen-bond donors (Lipinski definition) is 2. The predicted molar refractivity (Wildman–Crippen MR) is 171 cm³/mol. The van der Waals surface area contributed by atoms with Crippen LogP contribution in [0.2, 0.25) is 0 Å².